The summed E-state index contributed by atoms with van der Waals surface area (Å²) in [5, 5.41) is 7.59. The molecule has 0 aliphatic carbocycles. The SMILES string of the molecule is CCCC[C@H](Cl)C(=O)O. The highest BCUT2D eigenvalue weighted by molar-refractivity contribution is 6.29. The molecular weight excluding hydrogens is 140 g/mol. The van der Waals surface area contributed by atoms with Crippen molar-refractivity contribution in [2.45, 2.75) is 31.6 Å². The lowest BCUT2D eigenvalue weighted by molar-refractivity contribution is -0.136. The first-order chi connectivity index (χ1) is 4.18. The molecule has 0 unspecified atom stereocenters. The Hall–Kier alpha value is -0.240. The summed E-state index contributed by atoms with van der Waals surface area (Å²) in [5.74, 6) is -0.912. The van der Waals surface area contributed by atoms with Gasteiger partial charge in [-0.05, 0) is 6.42 Å². The van der Waals surface area contributed by atoms with E-state index in [9.17, 15) is 4.79 Å². The van der Waals surface area contributed by atoms with Crippen LogP contribution in [0, 0.1) is 0 Å². The van der Waals surface area contributed by atoms with Crippen molar-refractivity contribution in [2.75, 3.05) is 0 Å². The Morgan fingerprint density at radius 1 is 1.78 bits per heavy atom. The predicted molar refractivity (Wildman–Crippen MR) is 36.8 cm³/mol. The maximum atomic E-state index is 10.1. The fraction of sp³-hybridized carbons (Fsp3) is 0.833. The van der Waals surface area contributed by atoms with Crippen LogP contribution in [0.2, 0.25) is 0 Å². The molecule has 0 bridgehead atoms. The van der Waals surface area contributed by atoms with Gasteiger partial charge < -0.3 is 5.11 Å². The van der Waals surface area contributed by atoms with Gasteiger partial charge in [0.25, 0.3) is 0 Å². The van der Waals surface area contributed by atoms with E-state index in [-0.39, 0.29) is 0 Å². The van der Waals surface area contributed by atoms with Crippen molar-refractivity contribution in [1.29, 1.82) is 0 Å². The third kappa shape index (κ3) is 4.28. The van der Waals surface area contributed by atoms with Crippen molar-refractivity contribution in [1.82, 2.24) is 0 Å². The average Bonchev–Trinajstić information content (AvgIpc) is 1.82. The van der Waals surface area contributed by atoms with Crippen molar-refractivity contribution in [2.24, 2.45) is 0 Å². The zero-order valence-corrected chi connectivity index (χ0v) is 6.19. The second-order valence-corrected chi connectivity index (χ2v) is 2.47. The molecule has 2 nitrogen and oxygen atoms in total. The van der Waals surface area contributed by atoms with Gasteiger partial charge in [-0.3, -0.25) is 4.79 Å². The average molecular weight is 151 g/mol. The number of aliphatic carboxylic acids is 1. The molecular formula is C6H11ClO2. The molecule has 0 amide bonds. The highest BCUT2D eigenvalue weighted by Crippen LogP contribution is 2.06. The maximum absolute atomic E-state index is 10.1. The van der Waals surface area contributed by atoms with Crippen molar-refractivity contribution in [3.8, 4) is 0 Å². The number of carbonyl (C=O) groups is 1. The Kier molecular flexibility index (Phi) is 4.50. The molecule has 3 heteroatoms. The van der Waals surface area contributed by atoms with Crippen molar-refractivity contribution < 1.29 is 9.90 Å². The lowest BCUT2D eigenvalue weighted by Gasteiger charge is -1.99. The molecule has 0 aliphatic heterocycles. The van der Waals surface area contributed by atoms with Gasteiger partial charge in [-0.25, -0.2) is 0 Å². The standard InChI is InChI=1S/C6H11ClO2/c1-2-3-4-5(7)6(8)9/h5H,2-4H2,1H3,(H,8,9)/t5-/m0/s1. The summed E-state index contributed by atoms with van der Waals surface area (Å²) in [6, 6.07) is 0. The van der Waals surface area contributed by atoms with Gasteiger partial charge >= 0.3 is 5.97 Å². The summed E-state index contributed by atoms with van der Waals surface area (Å²) in [6.45, 7) is 2.01. The summed E-state index contributed by atoms with van der Waals surface area (Å²) in [4.78, 5) is 10.1. The number of carboxylic acid groups (broad SMARTS) is 1. The Morgan fingerprint density at radius 3 is 2.67 bits per heavy atom. The number of hydrogen-bond acceptors (Lipinski definition) is 1. The Labute approximate surface area is 59.8 Å². The summed E-state index contributed by atoms with van der Waals surface area (Å²) < 4.78 is 0. The van der Waals surface area contributed by atoms with Crippen LogP contribution in [0.4, 0.5) is 0 Å². The lowest BCUT2D eigenvalue weighted by atomic mass is 10.2. The molecule has 54 valence electrons. The Balaban J connectivity index is 3.27. The van der Waals surface area contributed by atoms with Gasteiger partial charge in [-0.2, -0.15) is 0 Å². The lowest BCUT2D eigenvalue weighted by Crippen LogP contribution is -2.12. The minimum Gasteiger partial charge on any atom is -0.480 e. The van der Waals surface area contributed by atoms with E-state index in [0.29, 0.717) is 6.42 Å². The molecule has 0 aliphatic rings. The molecule has 0 radical (unpaired) electrons. The number of carboxylic acids is 1. The van der Waals surface area contributed by atoms with E-state index < -0.39 is 11.3 Å². The van der Waals surface area contributed by atoms with E-state index >= 15 is 0 Å². The van der Waals surface area contributed by atoms with Gasteiger partial charge in [0.2, 0.25) is 0 Å². The first kappa shape index (κ1) is 8.76. The zero-order valence-electron chi connectivity index (χ0n) is 5.43. The van der Waals surface area contributed by atoms with Crippen LogP contribution in [0.5, 0.6) is 0 Å². The molecule has 0 rings (SSSR count). The Bertz CT molecular complexity index is 93.1. The summed E-state index contributed by atoms with van der Waals surface area (Å²) >= 11 is 5.39. The van der Waals surface area contributed by atoms with Crippen molar-refractivity contribution in [3.63, 3.8) is 0 Å². The predicted octanol–water partition coefficient (Wildman–Crippen LogP) is 1.87. The Morgan fingerprint density at radius 2 is 2.33 bits per heavy atom. The molecule has 1 N–H and O–H groups in total. The van der Waals surface area contributed by atoms with Crippen LogP contribution in [-0.2, 0) is 4.79 Å². The minimum absolute atomic E-state index is 0.577. The number of rotatable bonds is 4. The number of unbranched alkanes of at least 4 members (excludes halogenated alkanes) is 1. The summed E-state index contributed by atoms with van der Waals surface area (Å²) in [7, 11) is 0. The minimum atomic E-state index is -0.912. The fourth-order valence-corrected chi connectivity index (χ4v) is 0.661. The third-order valence-corrected chi connectivity index (χ3v) is 1.48. The normalized spacial score (nSPS) is 13.1. The quantitative estimate of drug-likeness (QED) is 0.622. The molecule has 1 atom stereocenters. The van der Waals surface area contributed by atoms with Gasteiger partial charge in [0.15, 0.2) is 0 Å². The second kappa shape index (κ2) is 4.62. The smallest absolute Gasteiger partial charge is 0.321 e. The van der Waals surface area contributed by atoms with E-state index in [1.807, 2.05) is 6.92 Å². The van der Waals surface area contributed by atoms with Crippen LogP contribution in [-0.4, -0.2) is 16.5 Å². The van der Waals surface area contributed by atoms with Crippen LogP contribution < -0.4 is 0 Å². The largest absolute Gasteiger partial charge is 0.480 e. The molecule has 9 heavy (non-hydrogen) atoms. The van der Waals surface area contributed by atoms with E-state index in [4.69, 9.17) is 16.7 Å². The second-order valence-electron chi connectivity index (χ2n) is 1.95. The highest BCUT2D eigenvalue weighted by atomic mass is 35.5. The molecule has 0 fully saturated rings. The van der Waals surface area contributed by atoms with E-state index in [1.54, 1.807) is 0 Å². The van der Waals surface area contributed by atoms with Gasteiger partial charge in [0, 0.05) is 0 Å². The molecule has 0 saturated carbocycles. The molecule has 0 spiro atoms. The van der Waals surface area contributed by atoms with E-state index in [1.165, 1.54) is 0 Å². The van der Waals surface area contributed by atoms with Crippen LogP contribution >= 0.6 is 11.6 Å². The van der Waals surface area contributed by atoms with Crippen LogP contribution in [0.25, 0.3) is 0 Å². The molecule has 0 saturated heterocycles. The maximum Gasteiger partial charge on any atom is 0.321 e. The first-order valence-corrected chi connectivity index (χ1v) is 3.49. The van der Waals surface area contributed by atoms with Gasteiger partial charge in [0.05, 0.1) is 0 Å². The van der Waals surface area contributed by atoms with Crippen LogP contribution in [0.1, 0.15) is 26.2 Å². The van der Waals surface area contributed by atoms with Crippen LogP contribution in [0.15, 0.2) is 0 Å². The van der Waals surface area contributed by atoms with Crippen molar-refractivity contribution >= 4 is 17.6 Å². The number of alkyl halides is 1. The summed E-state index contributed by atoms with van der Waals surface area (Å²) in [6.07, 6.45) is 2.46. The first-order valence-electron chi connectivity index (χ1n) is 3.05. The molecule has 0 aromatic heterocycles. The van der Waals surface area contributed by atoms with E-state index in [2.05, 4.69) is 0 Å². The van der Waals surface area contributed by atoms with E-state index in [0.717, 1.165) is 12.8 Å². The number of hydrogen-bond donors (Lipinski definition) is 1. The summed E-state index contributed by atoms with van der Waals surface area (Å²) in [5.41, 5.74) is 0. The molecule has 0 aromatic rings. The van der Waals surface area contributed by atoms with Gasteiger partial charge in [0.1, 0.15) is 5.38 Å². The topological polar surface area (TPSA) is 37.3 Å². The third-order valence-electron chi connectivity index (χ3n) is 1.08. The molecule has 0 heterocycles. The molecule has 0 aromatic carbocycles. The zero-order chi connectivity index (χ0) is 7.28. The number of halogens is 1. The van der Waals surface area contributed by atoms with Gasteiger partial charge in [-0.1, -0.05) is 19.8 Å². The van der Waals surface area contributed by atoms with Gasteiger partial charge in [-0.15, -0.1) is 11.6 Å². The fourth-order valence-electron chi connectivity index (χ4n) is 0.507. The van der Waals surface area contributed by atoms with Crippen LogP contribution in [0.3, 0.4) is 0 Å². The monoisotopic (exact) mass is 150 g/mol. The highest BCUT2D eigenvalue weighted by Gasteiger charge is 2.11. The van der Waals surface area contributed by atoms with Crippen molar-refractivity contribution in [3.05, 3.63) is 0 Å².